The highest BCUT2D eigenvalue weighted by Gasteiger charge is 2.09. The van der Waals surface area contributed by atoms with Crippen molar-refractivity contribution in [1.82, 2.24) is 14.5 Å². The first-order chi connectivity index (χ1) is 8.49. The molecule has 2 aromatic heterocycles. The monoisotopic (exact) mass is 265 g/mol. The van der Waals surface area contributed by atoms with Gasteiger partial charge in [0.15, 0.2) is 0 Å². The van der Waals surface area contributed by atoms with Crippen molar-refractivity contribution in [3.05, 3.63) is 61.1 Å². The molecular formula is C12H12ClN3O2. The van der Waals surface area contributed by atoms with Gasteiger partial charge in [-0.15, -0.1) is 0 Å². The van der Waals surface area contributed by atoms with E-state index in [1.165, 1.54) is 0 Å². The second-order valence-corrected chi connectivity index (χ2v) is 4.45. The van der Waals surface area contributed by atoms with Crippen LogP contribution in [0.25, 0.3) is 0 Å². The molecule has 0 saturated carbocycles. The predicted molar refractivity (Wildman–Crippen MR) is 69.1 cm³/mol. The van der Waals surface area contributed by atoms with Crippen LogP contribution in [-0.2, 0) is 6.54 Å². The average Bonchev–Trinajstić information content (AvgIpc) is 2.34. The van der Waals surface area contributed by atoms with Crippen LogP contribution in [0, 0.1) is 13.8 Å². The molecule has 6 heteroatoms. The maximum atomic E-state index is 11.9. The summed E-state index contributed by atoms with van der Waals surface area (Å²) in [6, 6.07) is 3.66. The summed E-state index contributed by atoms with van der Waals surface area (Å²) in [5.74, 6) is 0. The fourth-order valence-corrected chi connectivity index (χ4v) is 1.72. The van der Waals surface area contributed by atoms with Crippen LogP contribution in [0.3, 0.4) is 0 Å². The highest BCUT2D eigenvalue weighted by Crippen LogP contribution is 2.04. The van der Waals surface area contributed by atoms with Gasteiger partial charge in [0, 0.05) is 17.5 Å². The molecule has 0 radical (unpaired) electrons. The molecule has 94 valence electrons. The van der Waals surface area contributed by atoms with Gasteiger partial charge >= 0.3 is 5.69 Å². The summed E-state index contributed by atoms with van der Waals surface area (Å²) in [7, 11) is 0. The molecule has 18 heavy (non-hydrogen) atoms. The first-order valence-corrected chi connectivity index (χ1v) is 5.77. The lowest BCUT2D eigenvalue weighted by molar-refractivity contribution is 0.689. The highest BCUT2D eigenvalue weighted by atomic mass is 35.5. The molecule has 0 atom stereocenters. The van der Waals surface area contributed by atoms with Crippen LogP contribution in [-0.4, -0.2) is 14.5 Å². The van der Waals surface area contributed by atoms with Crippen LogP contribution in [0.15, 0.2) is 27.9 Å². The minimum atomic E-state index is -0.517. The number of rotatable bonds is 2. The number of H-pyrrole nitrogens is 1. The molecule has 0 amide bonds. The predicted octanol–water partition coefficient (Wildman–Crippen LogP) is 1.25. The lowest BCUT2D eigenvalue weighted by Gasteiger charge is -2.06. The van der Waals surface area contributed by atoms with Crippen LogP contribution < -0.4 is 11.2 Å². The van der Waals surface area contributed by atoms with Gasteiger partial charge in [0.05, 0.1) is 6.54 Å². The minimum Gasteiger partial charge on any atom is -0.297 e. The van der Waals surface area contributed by atoms with Crippen LogP contribution in [0.4, 0.5) is 0 Å². The highest BCUT2D eigenvalue weighted by molar-refractivity contribution is 6.30. The van der Waals surface area contributed by atoms with Crippen LogP contribution >= 0.6 is 11.6 Å². The molecular weight excluding hydrogens is 254 g/mol. The molecule has 0 saturated heterocycles. The largest absolute Gasteiger partial charge is 0.329 e. The van der Waals surface area contributed by atoms with Crippen LogP contribution in [0.1, 0.15) is 16.8 Å². The average molecular weight is 266 g/mol. The minimum absolute atomic E-state index is 0.0864. The zero-order valence-electron chi connectivity index (χ0n) is 10.0. The Morgan fingerprint density at radius 1 is 1.33 bits per heavy atom. The topological polar surface area (TPSA) is 67.8 Å². The summed E-state index contributed by atoms with van der Waals surface area (Å²) in [6.07, 6.45) is 1.64. The van der Waals surface area contributed by atoms with E-state index in [2.05, 4.69) is 9.97 Å². The van der Waals surface area contributed by atoms with Gasteiger partial charge in [0.1, 0.15) is 5.15 Å². The number of aryl methyl sites for hydroxylation is 1. The zero-order chi connectivity index (χ0) is 13.3. The van der Waals surface area contributed by atoms with Crippen molar-refractivity contribution in [2.45, 2.75) is 20.4 Å². The van der Waals surface area contributed by atoms with E-state index in [9.17, 15) is 9.59 Å². The fraction of sp³-hybridized carbons (Fsp3) is 0.250. The lowest BCUT2D eigenvalue weighted by Crippen LogP contribution is -2.36. The number of nitrogens with one attached hydrogen (secondary N) is 1. The van der Waals surface area contributed by atoms with E-state index in [4.69, 9.17) is 11.6 Å². The van der Waals surface area contributed by atoms with Crippen molar-refractivity contribution in [3.8, 4) is 0 Å². The first-order valence-electron chi connectivity index (χ1n) is 5.40. The standard InChI is InChI=1S/C12H12ClN3O2/c1-7-3-4-9(5-14-7)6-16-11(17)8(2)10(13)15-12(16)18/h3-5H,6H2,1-2H3,(H,15,18). The number of aromatic amines is 1. The summed E-state index contributed by atoms with van der Waals surface area (Å²) in [4.78, 5) is 30.2. The maximum absolute atomic E-state index is 11.9. The molecule has 1 N–H and O–H groups in total. The van der Waals surface area contributed by atoms with E-state index >= 15 is 0 Å². The zero-order valence-corrected chi connectivity index (χ0v) is 10.8. The number of halogens is 1. The van der Waals surface area contributed by atoms with E-state index in [1.807, 2.05) is 19.1 Å². The third kappa shape index (κ3) is 2.36. The van der Waals surface area contributed by atoms with Crippen molar-refractivity contribution in [2.75, 3.05) is 0 Å². The molecule has 0 spiro atoms. The second-order valence-electron chi connectivity index (χ2n) is 4.07. The Labute approximate surface area is 108 Å². The van der Waals surface area contributed by atoms with Gasteiger partial charge in [-0.1, -0.05) is 17.7 Å². The molecule has 5 nitrogen and oxygen atoms in total. The molecule has 0 bridgehead atoms. The molecule has 2 heterocycles. The van der Waals surface area contributed by atoms with E-state index in [0.717, 1.165) is 15.8 Å². The third-order valence-corrected chi connectivity index (χ3v) is 3.05. The van der Waals surface area contributed by atoms with Crippen LogP contribution in [0.5, 0.6) is 0 Å². The van der Waals surface area contributed by atoms with Crippen molar-refractivity contribution in [3.63, 3.8) is 0 Å². The molecule has 0 aliphatic heterocycles. The van der Waals surface area contributed by atoms with Crippen LogP contribution in [0.2, 0.25) is 5.15 Å². The molecule has 0 unspecified atom stereocenters. The van der Waals surface area contributed by atoms with Gasteiger partial charge in [0.2, 0.25) is 0 Å². The molecule has 0 aliphatic rings. The Kier molecular flexibility index (Phi) is 3.34. The van der Waals surface area contributed by atoms with Gasteiger partial charge in [-0.2, -0.15) is 0 Å². The SMILES string of the molecule is Cc1ccc(Cn2c(=O)[nH]c(Cl)c(C)c2=O)cn1. The summed E-state index contributed by atoms with van der Waals surface area (Å²) in [6.45, 7) is 3.62. The van der Waals surface area contributed by atoms with Gasteiger partial charge in [0.25, 0.3) is 5.56 Å². The second kappa shape index (κ2) is 4.78. The van der Waals surface area contributed by atoms with Gasteiger partial charge in [-0.05, 0) is 25.5 Å². The van der Waals surface area contributed by atoms with E-state index in [1.54, 1.807) is 13.1 Å². The van der Waals surface area contributed by atoms with Crippen molar-refractivity contribution >= 4 is 11.6 Å². The van der Waals surface area contributed by atoms with Crippen molar-refractivity contribution in [2.24, 2.45) is 0 Å². The summed E-state index contributed by atoms with van der Waals surface area (Å²) >= 11 is 5.73. The summed E-state index contributed by atoms with van der Waals surface area (Å²) < 4.78 is 1.10. The Hall–Kier alpha value is -1.88. The Bertz CT molecular complexity index is 686. The number of hydrogen-bond acceptors (Lipinski definition) is 3. The third-order valence-electron chi connectivity index (χ3n) is 2.67. The molecule has 2 aromatic rings. The van der Waals surface area contributed by atoms with Gasteiger partial charge in [-0.3, -0.25) is 19.3 Å². The fourth-order valence-electron chi connectivity index (χ4n) is 1.56. The number of aromatic nitrogens is 3. The van der Waals surface area contributed by atoms with Gasteiger partial charge < -0.3 is 0 Å². The maximum Gasteiger partial charge on any atom is 0.329 e. The Balaban J connectivity index is 2.47. The number of nitrogens with zero attached hydrogens (tertiary/aromatic N) is 2. The number of pyridine rings is 1. The lowest BCUT2D eigenvalue weighted by atomic mass is 10.2. The molecule has 0 aromatic carbocycles. The van der Waals surface area contributed by atoms with Crippen molar-refractivity contribution < 1.29 is 0 Å². The smallest absolute Gasteiger partial charge is 0.297 e. The Morgan fingerprint density at radius 3 is 2.67 bits per heavy atom. The Morgan fingerprint density at radius 2 is 2.06 bits per heavy atom. The summed E-state index contributed by atoms with van der Waals surface area (Å²) in [5, 5.41) is 0.0864. The molecule has 0 aliphatic carbocycles. The first kappa shape index (κ1) is 12.6. The van der Waals surface area contributed by atoms with E-state index in [0.29, 0.717) is 5.56 Å². The quantitative estimate of drug-likeness (QED) is 0.831. The number of hydrogen-bond donors (Lipinski definition) is 1. The van der Waals surface area contributed by atoms with E-state index in [-0.39, 0.29) is 17.3 Å². The molecule has 2 rings (SSSR count). The van der Waals surface area contributed by atoms with Crippen molar-refractivity contribution in [1.29, 1.82) is 0 Å². The van der Waals surface area contributed by atoms with E-state index < -0.39 is 5.69 Å². The van der Waals surface area contributed by atoms with Gasteiger partial charge in [-0.25, -0.2) is 4.79 Å². The molecule has 0 fully saturated rings. The normalized spacial score (nSPS) is 10.6. The summed E-state index contributed by atoms with van der Waals surface area (Å²) in [5.41, 5.74) is 1.10.